The highest BCUT2D eigenvalue weighted by atomic mass is 127. The molecule has 0 aromatic heterocycles. The van der Waals surface area contributed by atoms with Crippen LogP contribution in [0.4, 0.5) is 4.39 Å². The molecule has 0 spiro atoms. The van der Waals surface area contributed by atoms with Gasteiger partial charge in [-0.1, -0.05) is 19.9 Å². The van der Waals surface area contributed by atoms with Crippen LogP contribution in [0.25, 0.3) is 0 Å². The van der Waals surface area contributed by atoms with Gasteiger partial charge in [0.2, 0.25) is 0 Å². The van der Waals surface area contributed by atoms with E-state index in [1.54, 1.807) is 0 Å². The standard InChI is InChI=1S/C19H32FN3O3S.HI/c1-5-21-19(22-9-11-26-10-8-15(2)3)23-13-17-12-18(20)7-6-16(17)14-27(4,24)25;/h6-7,12,15H,5,8-11,13-14H2,1-4H3,(H2,21,22,23);1H. The highest BCUT2D eigenvalue weighted by molar-refractivity contribution is 14.0. The number of aliphatic imine (C=N–C) groups is 1. The van der Waals surface area contributed by atoms with Crippen LogP contribution in [0.5, 0.6) is 0 Å². The van der Waals surface area contributed by atoms with Crippen molar-refractivity contribution in [2.45, 2.75) is 39.5 Å². The van der Waals surface area contributed by atoms with E-state index < -0.39 is 15.7 Å². The Hall–Kier alpha value is -0.940. The van der Waals surface area contributed by atoms with Crippen molar-refractivity contribution >= 4 is 39.8 Å². The topological polar surface area (TPSA) is 79.8 Å². The van der Waals surface area contributed by atoms with Crippen LogP contribution in [0.3, 0.4) is 0 Å². The normalized spacial score (nSPS) is 12.0. The maximum absolute atomic E-state index is 13.6. The third kappa shape index (κ3) is 12.5. The number of sulfone groups is 1. The number of halogens is 2. The van der Waals surface area contributed by atoms with Gasteiger partial charge in [-0.15, -0.1) is 24.0 Å². The van der Waals surface area contributed by atoms with Gasteiger partial charge in [-0.3, -0.25) is 0 Å². The second-order valence-electron chi connectivity index (χ2n) is 6.90. The summed E-state index contributed by atoms with van der Waals surface area (Å²) in [6, 6.07) is 4.11. The van der Waals surface area contributed by atoms with Gasteiger partial charge >= 0.3 is 0 Å². The van der Waals surface area contributed by atoms with Gasteiger partial charge in [0.25, 0.3) is 0 Å². The van der Waals surface area contributed by atoms with Crippen molar-refractivity contribution in [3.8, 4) is 0 Å². The average Bonchev–Trinajstić information content (AvgIpc) is 2.56. The molecular formula is C19H33FIN3O3S. The number of hydrogen-bond acceptors (Lipinski definition) is 4. The number of benzene rings is 1. The molecule has 6 nitrogen and oxygen atoms in total. The molecule has 0 bridgehead atoms. The van der Waals surface area contributed by atoms with Gasteiger partial charge in [-0.2, -0.15) is 0 Å². The van der Waals surface area contributed by atoms with Crippen LogP contribution in [-0.4, -0.2) is 46.9 Å². The SMILES string of the molecule is CCNC(=NCc1cc(F)ccc1CS(C)(=O)=O)NCCOCCC(C)C.I. The molecule has 2 N–H and O–H groups in total. The third-order valence-corrected chi connectivity index (χ3v) is 4.55. The molecule has 0 saturated heterocycles. The van der Waals surface area contributed by atoms with E-state index in [4.69, 9.17) is 4.74 Å². The van der Waals surface area contributed by atoms with E-state index in [1.807, 2.05) is 6.92 Å². The molecule has 0 aliphatic rings. The summed E-state index contributed by atoms with van der Waals surface area (Å²) >= 11 is 0. The fourth-order valence-corrected chi connectivity index (χ4v) is 3.18. The molecule has 0 saturated carbocycles. The van der Waals surface area contributed by atoms with E-state index in [2.05, 4.69) is 29.5 Å². The lowest BCUT2D eigenvalue weighted by Gasteiger charge is -2.13. The molecule has 0 unspecified atom stereocenters. The molecule has 0 atom stereocenters. The van der Waals surface area contributed by atoms with Gasteiger partial charge in [-0.05, 0) is 42.5 Å². The summed E-state index contributed by atoms with van der Waals surface area (Å²) < 4.78 is 42.3. The average molecular weight is 529 g/mol. The van der Waals surface area contributed by atoms with Crippen LogP contribution in [0.15, 0.2) is 23.2 Å². The van der Waals surface area contributed by atoms with Gasteiger partial charge in [0.1, 0.15) is 5.82 Å². The first-order chi connectivity index (χ1) is 12.7. The first-order valence-electron chi connectivity index (χ1n) is 9.26. The van der Waals surface area contributed by atoms with Crippen molar-refractivity contribution in [1.29, 1.82) is 0 Å². The first-order valence-corrected chi connectivity index (χ1v) is 11.3. The Morgan fingerprint density at radius 1 is 1.21 bits per heavy atom. The van der Waals surface area contributed by atoms with Crippen molar-refractivity contribution in [3.05, 3.63) is 35.1 Å². The Morgan fingerprint density at radius 3 is 2.54 bits per heavy atom. The summed E-state index contributed by atoms with van der Waals surface area (Å²) in [5.74, 6) is 0.656. The summed E-state index contributed by atoms with van der Waals surface area (Å²) in [7, 11) is -3.21. The van der Waals surface area contributed by atoms with Crippen LogP contribution in [-0.2, 0) is 26.9 Å². The fraction of sp³-hybridized carbons (Fsp3) is 0.632. The summed E-state index contributed by atoms with van der Waals surface area (Å²) in [5, 5.41) is 6.28. The van der Waals surface area contributed by atoms with Crippen LogP contribution >= 0.6 is 24.0 Å². The highest BCUT2D eigenvalue weighted by Gasteiger charge is 2.10. The van der Waals surface area contributed by atoms with E-state index in [0.717, 1.165) is 19.3 Å². The number of nitrogens with zero attached hydrogens (tertiary/aromatic N) is 1. The molecule has 28 heavy (non-hydrogen) atoms. The maximum Gasteiger partial charge on any atom is 0.191 e. The van der Waals surface area contributed by atoms with Crippen LogP contribution in [0.1, 0.15) is 38.3 Å². The number of hydrogen-bond donors (Lipinski definition) is 2. The summed E-state index contributed by atoms with van der Waals surface area (Å²) in [6.45, 7) is 9.02. The monoisotopic (exact) mass is 529 g/mol. The highest BCUT2D eigenvalue weighted by Crippen LogP contribution is 2.15. The summed E-state index contributed by atoms with van der Waals surface area (Å²) in [4.78, 5) is 4.44. The number of guanidine groups is 1. The second-order valence-corrected chi connectivity index (χ2v) is 9.04. The minimum Gasteiger partial charge on any atom is -0.380 e. The zero-order valence-corrected chi connectivity index (χ0v) is 20.3. The molecule has 9 heteroatoms. The molecule has 0 fully saturated rings. The molecule has 1 aromatic rings. The van der Waals surface area contributed by atoms with E-state index in [-0.39, 0.29) is 36.3 Å². The van der Waals surface area contributed by atoms with Gasteiger partial charge in [0.05, 0.1) is 18.9 Å². The van der Waals surface area contributed by atoms with E-state index in [9.17, 15) is 12.8 Å². The molecule has 162 valence electrons. The minimum absolute atomic E-state index is 0. The van der Waals surface area contributed by atoms with Gasteiger partial charge < -0.3 is 15.4 Å². The summed E-state index contributed by atoms with van der Waals surface area (Å²) in [6.07, 6.45) is 2.19. The minimum atomic E-state index is -3.21. The number of nitrogens with one attached hydrogen (secondary N) is 2. The first kappa shape index (κ1) is 27.1. The van der Waals surface area contributed by atoms with Crippen LogP contribution < -0.4 is 10.6 Å². The Balaban J connectivity index is 0.00000729. The van der Waals surface area contributed by atoms with Gasteiger partial charge in [0.15, 0.2) is 15.8 Å². The molecule has 0 radical (unpaired) electrons. The maximum atomic E-state index is 13.6. The van der Waals surface area contributed by atoms with Crippen LogP contribution in [0.2, 0.25) is 0 Å². The number of rotatable bonds is 11. The fourth-order valence-electron chi connectivity index (χ4n) is 2.33. The predicted molar refractivity (Wildman–Crippen MR) is 123 cm³/mol. The molecule has 0 amide bonds. The molecular weight excluding hydrogens is 496 g/mol. The van der Waals surface area contributed by atoms with Gasteiger partial charge in [0, 0.05) is 26.0 Å². The van der Waals surface area contributed by atoms with E-state index in [1.165, 1.54) is 18.2 Å². The molecule has 0 aliphatic carbocycles. The van der Waals surface area contributed by atoms with Crippen molar-refractivity contribution in [2.24, 2.45) is 10.9 Å². The van der Waals surface area contributed by atoms with E-state index in [0.29, 0.717) is 42.7 Å². The molecule has 0 heterocycles. The third-order valence-electron chi connectivity index (χ3n) is 3.72. The lowest BCUT2D eigenvalue weighted by atomic mass is 10.1. The molecule has 1 aromatic carbocycles. The van der Waals surface area contributed by atoms with Crippen molar-refractivity contribution in [3.63, 3.8) is 0 Å². The second kappa shape index (κ2) is 14.1. The molecule has 1 rings (SSSR count). The van der Waals surface area contributed by atoms with Gasteiger partial charge in [-0.25, -0.2) is 17.8 Å². The Kier molecular flexibility index (Phi) is 13.6. The summed E-state index contributed by atoms with van der Waals surface area (Å²) in [5.41, 5.74) is 1.13. The largest absolute Gasteiger partial charge is 0.380 e. The van der Waals surface area contributed by atoms with Crippen molar-refractivity contribution in [2.75, 3.05) is 32.6 Å². The Morgan fingerprint density at radius 2 is 1.93 bits per heavy atom. The number of ether oxygens (including phenoxy) is 1. The molecule has 0 aliphatic heterocycles. The Labute approximate surface area is 185 Å². The Bertz CT molecular complexity index is 712. The smallest absolute Gasteiger partial charge is 0.191 e. The predicted octanol–water partition coefficient (Wildman–Crippen LogP) is 3.11. The van der Waals surface area contributed by atoms with E-state index >= 15 is 0 Å². The lowest BCUT2D eigenvalue weighted by molar-refractivity contribution is 0.128. The quantitative estimate of drug-likeness (QED) is 0.199. The zero-order chi connectivity index (χ0) is 20.3. The zero-order valence-electron chi connectivity index (χ0n) is 17.1. The van der Waals surface area contributed by atoms with Crippen molar-refractivity contribution in [1.82, 2.24) is 10.6 Å². The lowest BCUT2D eigenvalue weighted by Crippen LogP contribution is -2.39. The van der Waals surface area contributed by atoms with Crippen molar-refractivity contribution < 1.29 is 17.5 Å². The van der Waals surface area contributed by atoms with Crippen LogP contribution in [0, 0.1) is 11.7 Å².